The first-order chi connectivity index (χ1) is 9.74. The van der Waals surface area contributed by atoms with Gasteiger partial charge in [-0.05, 0) is 31.9 Å². The highest BCUT2D eigenvalue weighted by Gasteiger charge is 2.18. The summed E-state index contributed by atoms with van der Waals surface area (Å²) in [5, 5.41) is 4.58. The summed E-state index contributed by atoms with van der Waals surface area (Å²) in [6, 6.07) is 4.21. The Morgan fingerprint density at radius 3 is 2.85 bits per heavy atom. The van der Waals surface area contributed by atoms with E-state index in [0.29, 0.717) is 23.8 Å². The van der Waals surface area contributed by atoms with Crippen molar-refractivity contribution in [2.75, 3.05) is 0 Å². The second-order valence-corrected chi connectivity index (χ2v) is 5.57. The molecule has 4 heteroatoms. The molecule has 0 aliphatic heterocycles. The normalized spacial score (nSPS) is 16.4. The fraction of sp³-hybridized carbons (Fsp3) is 0.500. The summed E-state index contributed by atoms with van der Waals surface area (Å²) >= 11 is 0. The van der Waals surface area contributed by atoms with Gasteiger partial charge in [0.05, 0.1) is 30.0 Å². The zero-order chi connectivity index (χ0) is 13.9. The molecule has 0 N–H and O–H groups in total. The number of ketones is 1. The molecule has 0 atom stereocenters. The SMILES string of the molecule is Cc1occc1C(=O)Cc1ccn(C2CCCCC2)n1. The number of rotatable bonds is 4. The van der Waals surface area contributed by atoms with Crippen molar-refractivity contribution < 1.29 is 9.21 Å². The molecule has 1 saturated carbocycles. The van der Waals surface area contributed by atoms with Crippen LogP contribution in [0.5, 0.6) is 0 Å². The number of carbonyl (C=O) groups is 1. The number of furan rings is 1. The van der Waals surface area contributed by atoms with Crippen LogP contribution in [0.2, 0.25) is 0 Å². The lowest BCUT2D eigenvalue weighted by Gasteiger charge is -2.21. The molecule has 0 saturated heterocycles. The van der Waals surface area contributed by atoms with Crippen LogP contribution in [-0.4, -0.2) is 15.6 Å². The van der Waals surface area contributed by atoms with E-state index < -0.39 is 0 Å². The first-order valence-corrected chi connectivity index (χ1v) is 7.35. The van der Waals surface area contributed by atoms with Crippen LogP contribution in [0.4, 0.5) is 0 Å². The van der Waals surface area contributed by atoms with E-state index in [9.17, 15) is 4.79 Å². The molecule has 1 aliphatic carbocycles. The van der Waals surface area contributed by atoms with Gasteiger partial charge < -0.3 is 4.42 Å². The number of nitrogens with zero attached hydrogens (tertiary/aromatic N) is 2. The van der Waals surface area contributed by atoms with Gasteiger partial charge in [0, 0.05) is 6.20 Å². The Labute approximate surface area is 118 Å². The molecule has 0 radical (unpaired) electrons. The van der Waals surface area contributed by atoms with Gasteiger partial charge in [-0.2, -0.15) is 5.10 Å². The standard InChI is InChI=1S/C16H20N2O2/c1-12-15(8-10-20-12)16(19)11-13-7-9-18(17-13)14-5-3-2-4-6-14/h7-10,14H,2-6,11H2,1H3. The van der Waals surface area contributed by atoms with Gasteiger partial charge >= 0.3 is 0 Å². The van der Waals surface area contributed by atoms with E-state index in [1.165, 1.54) is 32.1 Å². The second-order valence-electron chi connectivity index (χ2n) is 5.57. The highest BCUT2D eigenvalue weighted by Crippen LogP contribution is 2.27. The molecule has 106 valence electrons. The van der Waals surface area contributed by atoms with Gasteiger partial charge in [-0.15, -0.1) is 0 Å². The van der Waals surface area contributed by atoms with Crippen molar-refractivity contribution >= 4 is 5.78 Å². The lowest BCUT2D eigenvalue weighted by Crippen LogP contribution is -2.14. The number of aromatic nitrogens is 2. The number of hydrogen-bond donors (Lipinski definition) is 0. The molecule has 1 aliphatic rings. The van der Waals surface area contributed by atoms with E-state index in [-0.39, 0.29) is 5.78 Å². The Balaban J connectivity index is 1.68. The molecule has 0 aromatic carbocycles. The topological polar surface area (TPSA) is 48.0 Å². The molecule has 2 heterocycles. The molecule has 0 bridgehead atoms. The summed E-state index contributed by atoms with van der Waals surface area (Å²) in [4.78, 5) is 12.2. The van der Waals surface area contributed by atoms with E-state index in [2.05, 4.69) is 5.10 Å². The average Bonchev–Trinajstić information content (AvgIpc) is 3.09. The van der Waals surface area contributed by atoms with Crippen molar-refractivity contribution in [3.63, 3.8) is 0 Å². The number of carbonyl (C=O) groups excluding carboxylic acids is 1. The maximum absolute atomic E-state index is 12.2. The van der Waals surface area contributed by atoms with Crippen molar-refractivity contribution in [3.05, 3.63) is 41.6 Å². The zero-order valence-corrected chi connectivity index (χ0v) is 11.8. The molecular formula is C16H20N2O2. The third-order valence-corrected chi connectivity index (χ3v) is 4.11. The van der Waals surface area contributed by atoms with Crippen molar-refractivity contribution in [1.82, 2.24) is 9.78 Å². The molecule has 20 heavy (non-hydrogen) atoms. The predicted octanol–water partition coefficient (Wildman–Crippen LogP) is 3.72. The summed E-state index contributed by atoms with van der Waals surface area (Å²) in [6.07, 6.45) is 10.2. The van der Waals surface area contributed by atoms with Crippen LogP contribution in [-0.2, 0) is 6.42 Å². The Morgan fingerprint density at radius 1 is 1.35 bits per heavy atom. The highest BCUT2D eigenvalue weighted by atomic mass is 16.3. The van der Waals surface area contributed by atoms with E-state index in [0.717, 1.165) is 5.69 Å². The highest BCUT2D eigenvalue weighted by molar-refractivity contribution is 5.98. The van der Waals surface area contributed by atoms with Crippen LogP contribution in [0.3, 0.4) is 0 Å². The molecule has 2 aromatic rings. The minimum Gasteiger partial charge on any atom is -0.469 e. The molecule has 1 fully saturated rings. The summed E-state index contributed by atoms with van der Waals surface area (Å²) in [7, 11) is 0. The molecule has 3 rings (SSSR count). The maximum Gasteiger partial charge on any atom is 0.172 e. The zero-order valence-electron chi connectivity index (χ0n) is 11.8. The number of hydrogen-bond acceptors (Lipinski definition) is 3. The van der Waals surface area contributed by atoms with E-state index in [4.69, 9.17) is 4.42 Å². The minimum absolute atomic E-state index is 0.0742. The van der Waals surface area contributed by atoms with Crippen molar-refractivity contribution in [1.29, 1.82) is 0 Å². The molecule has 2 aromatic heterocycles. The van der Waals surface area contributed by atoms with Crippen LogP contribution in [0.25, 0.3) is 0 Å². The van der Waals surface area contributed by atoms with Crippen LogP contribution in [0.1, 0.15) is 60.0 Å². The Kier molecular flexibility index (Phi) is 3.72. The summed E-state index contributed by atoms with van der Waals surface area (Å²) < 4.78 is 7.22. The molecular weight excluding hydrogens is 252 g/mol. The van der Waals surface area contributed by atoms with Gasteiger partial charge in [-0.25, -0.2) is 0 Å². The number of Topliss-reactive ketones (excluding diaryl/α,β-unsaturated/α-hetero) is 1. The van der Waals surface area contributed by atoms with Gasteiger partial charge in [0.1, 0.15) is 5.76 Å². The van der Waals surface area contributed by atoms with Gasteiger partial charge in [0.15, 0.2) is 5.78 Å². The molecule has 0 spiro atoms. The quantitative estimate of drug-likeness (QED) is 0.797. The van der Waals surface area contributed by atoms with Crippen LogP contribution in [0.15, 0.2) is 29.0 Å². The van der Waals surface area contributed by atoms with Gasteiger partial charge in [-0.3, -0.25) is 9.48 Å². The third kappa shape index (κ3) is 2.69. The fourth-order valence-corrected chi connectivity index (χ4v) is 2.95. The fourth-order valence-electron chi connectivity index (χ4n) is 2.95. The van der Waals surface area contributed by atoms with Crippen LogP contribution < -0.4 is 0 Å². The van der Waals surface area contributed by atoms with Gasteiger partial charge in [-0.1, -0.05) is 19.3 Å². The minimum atomic E-state index is 0.0742. The second kappa shape index (κ2) is 5.65. The van der Waals surface area contributed by atoms with E-state index in [1.54, 1.807) is 12.3 Å². The van der Waals surface area contributed by atoms with Crippen LogP contribution in [0, 0.1) is 6.92 Å². The molecule has 0 amide bonds. The van der Waals surface area contributed by atoms with Gasteiger partial charge in [0.2, 0.25) is 0 Å². The summed E-state index contributed by atoms with van der Waals surface area (Å²) in [5.74, 6) is 0.756. The predicted molar refractivity (Wildman–Crippen MR) is 75.8 cm³/mol. The van der Waals surface area contributed by atoms with E-state index >= 15 is 0 Å². The summed E-state index contributed by atoms with van der Waals surface area (Å²) in [5.41, 5.74) is 1.51. The smallest absolute Gasteiger partial charge is 0.172 e. The Hall–Kier alpha value is -1.84. The first kappa shape index (κ1) is 13.2. The maximum atomic E-state index is 12.2. The molecule has 0 unspecified atom stereocenters. The van der Waals surface area contributed by atoms with Crippen molar-refractivity contribution in [2.45, 2.75) is 51.5 Å². The average molecular weight is 272 g/mol. The number of aryl methyl sites for hydroxylation is 1. The van der Waals surface area contributed by atoms with Crippen LogP contribution >= 0.6 is 0 Å². The monoisotopic (exact) mass is 272 g/mol. The lowest BCUT2D eigenvalue weighted by molar-refractivity contribution is 0.0990. The Bertz CT molecular complexity index is 591. The van der Waals surface area contributed by atoms with Gasteiger partial charge in [0.25, 0.3) is 0 Å². The summed E-state index contributed by atoms with van der Waals surface area (Å²) in [6.45, 7) is 1.81. The molecule has 4 nitrogen and oxygen atoms in total. The Morgan fingerprint density at radius 2 is 2.15 bits per heavy atom. The largest absolute Gasteiger partial charge is 0.469 e. The van der Waals surface area contributed by atoms with Crippen molar-refractivity contribution in [3.8, 4) is 0 Å². The lowest BCUT2D eigenvalue weighted by atomic mass is 9.96. The third-order valence-electron chi connectivity index (χ3n) is 4.11. The van der Waals surface area contributed by atoms with E-state index in [1.807, 2.05) is 23.9 Å². The first-order valence-electron chi connectivity index (χ1n) is 7.35. The van der Waals surface area contributed by atoms with Crippen molar-refractivity contribution in [2.24, 2.45) is 0 Å².